The van der Waals surface area contributed by atoms with Gasteiger partial charge in [-0.3, -0.25) is 14.9 Å². The van der Waals surface area contributed by atoms with E-state index in [2.05, 4.69) is 25.5 Å². The molecule has 1 aliphatic carbocycles. The van der Waals surface area contributed by atoms with Crippen LogP contribution in [0.1, 0.15) is 35.4 Å². The molecule has 98 valence electrons. The average Bonchev–Trinajstić information content (AvgIpc) is 2.87. The number of amides is 1. The molecule has 19 heavy (non-hydrogen) atoms. The quantitative estimate of drug-likeness (QED) is 0.753. The van der Waals surface area contributed by atoms with Gasteiger partial charge in [-0.25, -0.2) is 4.98 Å². The zero-order chi connectivity index (χ0) is 13.3. The summed E-state index contributed by atoms with van der Waals surface area (Å²) in [5.74, 6) is 0.356. The van der Waals surface area contributed by atoms with Crippen molar-refractivity contribution in [2.75, 3.05) is 0 Å². The van der Waals surface area contributed by atoms with Crippen LogP contribution in [0.5, 0.6) is 5.75 Å². The Morgan fingerprint density at radius 2 is 2.26 bits per heavy atom. The molecule has 0 bridgehead atoms. The van der Waals surface area contributed by atoms with Gasteiger partial charge in [0.1, 0.15) is 17.9 Å². The normalized spacial score (nSPS) is 16.6. The van der Waals surface area contributed by atoms with Crippen molar-refractivity contribution >= 4 is 5.91 Å². The van der Waals surface area contributed by atoms with E-state index in [9.17, 15) is 9.90 Å². The van der Waals surface area contributed by atoms with Gasteiger partial charge in [0, 0.05) is 6.20 Å². The highest BCUT2D eigenvalue weighted by Crippen LogP contribution is 2.39. The van der Waals surface area contributed by atoms with E-state index in [1.165, 1.54) is 24.8 Å². The average molecular weight is 259 g/mol. The predicted octanol–water partition coefficient (Wildman–Crippen LogP) is 0.714. The number of aromatic amines is 1. The predicted molar refractivity (Wildman–Crippen MR) is 65.3 cm³/mol. The Morgan fingerprint density at radius 1 is 1.42 bits per heavy atom. The van der Waals surface area contributed by atoms with Gasteiger partial charge in [0.25, 0.3) is 5.91 Å². The van der Waals surface area contributed by atoms with Crippen LogP contribution in [0.3, 0.4) is 0 Å². The first-order chi connectivity index (χ1) is 9.20. The summed E-state index contributed by atoms with van der Waals surface area (Å²) in [7, 11) is 0. The molecule has 1 fully saturated rings. The minimum absolute atomic E-state index is 0.0324. The van der Waals surface area contributed by atoms with Crippen molar-refractivity contribution in [3.8, 4) is 5.75 Å². The Morgan fingerprint density at radius 3 is 2.84 bits per heavy atom. The lowest BCUT2D eigenvalue weighted by atomic mass is 9.76. The molecular formula is C12H13N5O2. The van der Waals surface area contributed by atoms with E-state index in [-0.39, 0.29) is 11.7 Å². The second-order valence-corrected chi connectivity index (χ2v) is 4.66. The first-order valence-electron chi connectivity index (χ1n) is 6.02. The number of carbonyl (C=O) groups excluding carboxylic acids is 1. The molecule has 1 aliphatic rings. The number of hydrogen-bond donors (Lipinski definition) is 3. The van der Waals surface area contributed by atoms with Crippen LogP contribution in [0.25, 0.3) is 0 Å². The third-order valence-corrected chi connectivity index (χ3v) is 3.41. The maximum atomic E-state index is 12.2. The number of pyridine rings is 1. The number of H-pyrrole nitrogens is 1. The van der Waals surface area contributed by atoms with Crippen molar-refractivity contribution in [3.05, 3.63) is 36.2 Å². The van der Waals surface area contributed by atoms with Crippen LogP contribution >= 0.6 is 0 Å². The second-order valence-electron chi connectivity index (χ2n) is 4.66. The van der Waals surface area contributed by atoms with Crippen LogP contribution in [0.4, 0.5) is 0 Å². The lowest BCUT2D eigenvalue weighted by molar-refractivity contribution is 0.0809. The molecule has 0 spiro atoms. The molecule has 1 amide bonds. The Kier molecular flexibility index (Phi) is 2.66. The van der Waals surface area contributed by atoms with Crippen molar-refractivity contribution in [2.45, 2.75) is 24.8 Å². The van der Waals surface area contributed by atoms with Gasteiger partial charge in [-0.1, -0.05) is 0 Å². The smallest absolute Gasteiger partial charge is 0.253 e. The van der Waals surface area contributed by atoms with E-state index in [4.69, 9.17) is 0 Å². The largest absolute Gasteiger partial charge is 0.506 e. The van der Waals surface area contributed by atoms with E-state index >= 15 is 0 Å². The summed E-state index contributed by atoms with van der Waals surface area (Å²) in [5, 5.41) is 18.9. The number of hydrogen-bond acceptors (Lipinski definition) is 5. The fraction of sp³-hybridized carbons (Fsp3) is 0.333. The molecule has 0 unspecified atom stereocenters. The van der Waals surface area contributed by atoms with Crippen LogP contribution in [-0.2, 0) is 5.54 Å². The molecule has 0 radical (unpaired) electrons. The molecule has 7 nitrogen and oxygen atoms in total. The first-order valence-corrected chi connectivity index (χ1v) is 6.02. The summed E-state index contributed by atoms with van der Waals surface area (Å²) in [5.41, 5.74) is -0.148. The molecule has 3 rings (SSSR count). The van der Waals surface area contributed by atoms with Gasteiger partial charge in [0.2, 0.25) is 0 Å². The lowest BCUT2D eigenvalue weighted by Crippen LogP contribution is -2.51. The molecular weight excluding hydrogens is 246 g/mol. The Labute approximate surface area is 109 Å². The molecule has 7 heteroatoms. The molecule has 0 saturated heterocycles. The highest BCUT2D eigenvalue weighted by atomic mass is 16.3. The van der Waals surface area contributed by atoms with Crippen LogP contribution in [0.2, 0.25) is 0 Å². The van der Waals surface area contributed by atoms with E-state index in [0.29, 0.717) is 11.4 Å². The van der Waals surface area contributed by atoms with Gasteiger partial charge in [-0.05, 0) is 25.3 Å². The lowest BCUT2D eigenvalue weighted by Gasteiger charge is -2.40. The Hall–Kier alpha value is -2.44. The standard InChI is InChI=1S/C12H13N5O2/c18-9-4-8(5-13-6-9)10(19)16-12(2-1-3-12)11-14-7-15-17-11/h4-7,18H,1-3H2,(H,16,19)(H,14,15,17). The Balaban J connectivity index is 1.82. The van der Waals surface area contributed by atoms with Gasteiger partial charge >= 0.3 is 0 Å². The summed E-state index contributed by atoms with van der Waals surface area (Å²) in [6.07, 6.45) is 6.80. The Bertz CT molecular complexity index is 592. The topological polar surface area (TPSA) is 104 Å². The van der Waals surface area contributed by atoms with E-state index < -0.39 is 5.54 Å². The number of rotatable bonds is 3. The highest BCUT2D eigenvalue weighted by molar-refractivity contribution is 5.94. The van der Waals surface area contributed by atoms with Crippen molar-refractivity contribution < 1.29 is 9.90 Å². The third-order valence-electron chi connectivity index (χ3n) is 3.41. The maximum absolute atomic E-state index is 12.2. The van der Waals surface area contributed by atoms with Gasteiger partial charge in [-0.15, -0.1) is 0 Å². The summed E-state index contributed by atoms with van der Waals surface area (Å²) in [4.78, 5) is 20.1. The van der Waals surface area contributed by atoms with Crippen molar-refractivity contribution in [3.63, 3.8) is 0 Å². The van der Waals surface area contributed by atoms with E-state index in [1.807, 2.05) is 0 Å². The number of carbonyl (C=O) groups is 1. The summed E-state index contributed by atoms with van der Waals surface area (Å²) in [6, 6.07) is 1.38. The highest BCUT2D eigenvalue weighted by Gasteiger charge is 2.42. The van der Waals surface area contributed by atoms with Crippen LogP contribution < -0.4 is 5.32 Å². The zero-order valence-corrected chi connectivity index (χ0v) is 10.1. The third kappa shape index (κ3) is 2.03. The molecule has 2 aromatic rings. The minimum atomic E-state index is -0.473. The SMILES string of the molecule is O=C(NC1(c2ncn[nH]2)CCC1)c1cncc(O)c1. The summed E-state index contributed by atoms with van der Waals surface area (Å²) >= 11 is 0. The second kappa shape index (κ2) is 4.34. The van der Waals surface area contributed by atoms with Crippen molar-refractivity contribution in [1.29, 1.82) is 0 Å². The number of nitrogens with zero attached hydrogens (tertiary/aromatic N) is 3. The number of nitrogens with one attached hydrogen (secondary N) is 2. The molecule has 0 atom stereocenters. The minimum Gasteiger partial charge on any atom is -0.506 e. The fourth-order valence-corrected chi connectivity index (χ4v) is 2.23. The number of aromatic hydroxyl groups is 1. The summed E-state index contributed by atoms with van der Waals surface area (Å²) in [6.45, 7) is 0. The monoisotopic (exact) mass is 259 g/mol. The summed E-state index contributed by atoms with van der Waals surface area (Å²) < 4.78 is 0. The molecule has 2 aromatic heterocycles. The van der Waals surface area contributed by atoms with Crippen LogP contribution in [0.15, 0.2) is 24.8 Å². The van der Waals surface area contributed by atoms with E-state index in [1.54, 1.807) is 0 Å². The van der Waals surface area contributed by atoms with Gasteiger partial charge in [-0.2, -0.15) is 5.10 Å². The van der Waals surface area contributed by atoms with Crippen LogP contribution in [0, 0.1) is 0 Å². The molecule has 3 N–H and O–H groups in total. The molecule has 0 aliphatic heterocycles. The van der Waals surface area contributed by atoms with Gasteiger partial charge in [0.15, 0.2) is 0 Å². The zero-order valence-electron chi connectivity index (χ0n) is 10.1. The van der Waals surface area contributed by atoms with Gasteiger partial charge in [0.05, 0.1) is 17.3 Å². The van der Waals surface area contributed by atoms with Crippen molar-refractivity contribution in [2.24, 2.45) is 0 Å². The van der Waals surface area contributed by atoms with Crippen molar-refractivity contribution in [1.82, 2.24) is 25.5 Å². The molecule has 0 aromatic carbocycles. The maximum Gasteiger partial charge on any atom is 0.253 e. The first kappa shape index (κ1) is 11.6. The molecule has 1 saturated carbocycles. The van der Waals surface area contributed by atoms with Crippen LogP contribution in [-0.4, -0.2) is 31.2 Å². The fourth-order valence-electron chi connectivity index (χ4n) is 2.23. The van der Waals surface area contributed by atoms with E-state index in [0.717, 1.165) is 19.3 Å². The molecule has 2 heterocycles. The number of aromatic nitrogens is 4. The van der Waals surface area contributed by atoms with Gasteiger partial charge < -0.3 is 10.4 Å².